The van der Waals surface area contributed by atoms with E-state index in [0.717, 1.165) is 36.9 Å². The standard InChI is InChI=1S/C25H29FN2O3/c26-20-10-8-19(9-11-20)25(14-4-1-5-15-25)18-27-23(29)12-13-24(30)28-16-17-31-22-7-3-2-6-21(22)28/h2-3,6-11H,1,4-5,12-18H2,(H,27,29). The van der Waals surface area contributed by atoms with E-state index < -0.39 is 0 Å². The summed E-state index contributed by atoms with van der Waals surface area (Å²) in [5.41, 5.74) is 1.68. The lowest BCUT2D eigenvalue weighted by atomic mass is 9.69. The third kappa shape index (κ3) is 4.89. The Labute approximate surface area is 182 Å². The van der Waals surface area contributed by atoms with Gasteiger partial charge in [0.25, 0.3) is 0 Å². The molecule has 0 spiro atoms. The maximum Gasteiger partial charge on any atom is 0.227 e. The van der Waals surface area contributed by atoms with Crippen molar-refractivity contribution < 1.29 is 18.7 Å². The molecule has 0 aromatic heterocycles. The first-order valence-electron chi connectivity index (χ1n) is 11.1. The van der Waals surface area contributed by atoms with Gasteiger partial charge in [-0.2, -0.15) is 0 Å². The zero-order chi connectivity index (χ0) is 21.7. The Morgan fingerprint density at radius 2 is 1.74 bits per heavy atom. The topological polar surface area (TPSA) is 58.6 Å². The number of hydrogen-bond donors (Lipinski definition) is 1. The van der Waals surface area contributed by atoms with Crippen LogP contribution in [0.4, 0.5) is 10.1 Å². The van der Waals surface area contributed by atoms with Crippen LogP contribution in [-0.2, 0) is 15.0 Å². The highest BCUT2D eigenvalue weighted by Crippen LogP contribution is 2.39. The summed E-state index contributed by atoms with van der Waals surface area (Å²) in [7, 11) is 0. The molecule has 0 unspecified atom stereocenters. The summed E-state index contributed by atoms with van der Waals surface area (Å²) in [4.78, 5) is 27.0. The van der Waals surface area contributed by atoms with Gasteiger partial charge in [0.15, 0.2) is 0 Å². The molecule has 2 amide bonds. The van der Waals surface area contributed by atoms with E-state index >= 15 is 0 Å². The van der Waals surface area contributed by atoms with E-state index in [1.807, 2.05) is 36.4 Å². The zero-order valence-corrected chi connectivity index (χ0v) is 17.7. The molecular weight excluding hydrogens is 395 g/mol. The molecule has 31 heavy (non-hydrogen) atoms. The van der Waals surface area contributed by atoms with Gasteiger partial charge in [-0.05, 0) is 42.7 Å². The van der Waals surface area contributed by atoms with Crippen LogP contribution >= 0.6 is 0 Å². The van der Waals surface area contributed by atoms with Crippen molar-refractivity contribution in [2.75, 3.05) is 24.6 Å². The average Bonchev–Trinajstić information content (AvgIpc) is 2.82. The largest absolute Gasteiger partial charge is 0.490 e. The fourth-order valence-corrected chi connectivity index (χ4v) is 4.74. The van der Waals surface area contributed by atoms with Gasteiger partial charge in [-0.3, -0.25) is 9.59 Å². The number of ether oxygens (including phenoxy) is 1. The van der Waals surface area contributed by atoms with Gasteiger partial charge in [-0.15, -0.1) is 0 Å². The number of amides is 2. The first kappa shape index (κ1) is 21.3. The summed E-state index contributed by atoms with van der Waals surface area (Å²) in [6.07, 6.45) is 5.64. The van der Waals surface area contributed by atoms with Crippen molar-refractivity contribution in [3.05, 3.63) is 59.9 Å². The molecule has 1 saturated carbocycles. The number of para-hydroxylation sites is 2. The van der Waals surface area contributed by atoms with Crippen LogP contribution < -0.4 is 15.0 Å². The lowest BCUT2D eigenvalue weighted by Crippen LogP contribution is -2.43. The highest BCUT2D eigenvalue weighted by Gasteiger charge is 2.34. The lowest BCUT2D eigenvalue weighted by molar-refractivity contribution is -0.125. The van der Waals surface area contributed by atoms with Crippen LogP contribution in [0.5, 0.6) is 5.75 Å². The van der Waals surface area contributed by atoms with Gasteiger partial charge in [0, 0.05) is 24.8 Å². The second-order valence-electron chi connectivity index (χ2n) is 8.49. The fourth-order valence-electron chi connectivity index (χ4n) is 4.74. The minimum atomic E-state index is -0.248. The average molecular weight is 425 g/mol. The number of anilines is 1. The summed E-state index contributed by atoms with van der Waals surface area (Å²) in [5.74, 6) is 0.255. The number of carbonyl (C=O) groups is 2. The van der Waals surface area contributed by atoms with Gasteiger partial charge < -0.3 is 15.0 Å². The van der Waals surface area contributed by atoms with Crippen LogP contribution in [0, 0.1) is 5.82 Å². The maximum absolute atomic E-state index is 13.4. The molecule has 2 aliphatic rings. The van der Waals surface area contributed by atoms with Crippen molar-refractivity contribution in [3.8, 4) is 5.75 Å². The van der Waals surface area contributed by atoms with Crippen LogP contribution in [0.1, 0.15) is 50.5 Å². The Morgan fingerprint density at radius 3 is 2.52 bits per heavy atom. The van der Waals surface area contributed by atoms with Crippen molar-refractivity contribution >= 4 is 17.5 Å². The van der Waals surface area contributed by atoms with Gasteiger partial charge >= 0.3 is 0 Å². The smallest absolute Gasteiger partial charge is 0.227 e. The normalized spacial score (nSPS) is 17.4. The predicted octanol–water partition coefficient (Wildman–Crippen LogP) is 4.35. The molecular formula is C25H29FN2O3. The number of fused-ring (bicyclic) bond motifs is 1. The SMILES string of the molecule is O=C(CCC(=O)N1CCOc2ccccc21)NCC1(c2ccc(F)cc2)CCCCC1. The predicted molar refractivity (Wildman–Crippen MR) is 118 cm³/mol. The van der Waals surface area contributed by atoms with Crippen LogP contribution in [0.15, 0.2) is 48.5 Å². The van der Waals surface area contributed by atoms with Crippen molar-refractivity contribution in [2.24, 2.45) is 0 Å². The summed E-state index contributed by atoms with van der Waals surface area (Å²) in [6.45, 7) is 1.46. The van der Waals surface area contributed by atoms with Gasteiger partial charge in [0.05, 0.1) is 12.2 Å². The Hall–Kier alpha value is -2.89. The van der Waals surface area contributed by atoms with Gasteiger partial charge in [-0.1, -0.05) is 43.5 Å². The molecule has 0 bridgehead atoms. The van der Waals surface area contributed by atoms with Crippen molar-refractivity contribution in [2.45, 2.75) is 50.4 Å². The third-order valence-electron chi connectivity index (χ3n) is 6.49. The molecule has 6 heteroatoms. The Balaban J connectivity index is 1.34. The summed E-state index contributed by atoms with van der Waals surface area (Å²) in [5, 5.41) is 3.06. The maximum atomic E-state index is 13.4. The molecule has 1 aliphatic carbocycles. The van der Waals surface area contributed by atoms with E-state index in [2.05, 4.69) is 5.32 Å². The summed E-state index contributed by atoms with van der Waals surface area (Å²) in [6, 6.07) is 14.1. The first-order valence-corrected chi connectivity index (χ1v) is 11.1. The van der Waals surface area contributed by atoms with Gasteiger partial charge in [0.2, 0.25) is 11.8 Å². The van der Waals surface area contributed by atoms with E-state index in [0.29, 0.717) is 25.4 Å². The van der Waals surface area contributed by atoms with Crippen molar-refractivity contribution in [3.63, 3.8) is 0 Å². The third-order valence-corrected chi connectivity index (χ3v) is 6.49. The number of hydrogen-bond acceptors (Lipinski definition) is 3. The van der Waals surface area contributed by atoms with E-state index in [1.165, 1.54) is 18.6 Å². The van der Waals surface area contributed by atoms with Gasteiger partial charge in [-0.25, -0.2) is 4.39 Å². The molecule has 0 radical (unpaired) electrons. The Bertz CT molecular complexity index is 923. The summed E-state index contributed by atoms with van der Waals surface area (Å²) < 4.78 is 19.0. The van der Waals surface area contributed by atoms with Crippen LogP contribution in [0.25, 0.3) is 0 Å². The quantitative estimate of drug-likeness (QED) is 0.750. The molecule has 1 fully saturated rings. The van der Waals surface area contributed by atoms with Gasteiger partial charge in [0.1, 0.15) is 18.2 Å². The first-order chi connectivity index (χ1) is 15.1. The molecule has 164 valence electrons. The number of rotatable bonds is 6. The van der Waals surface area contributed by atoms with Crippen molar-refractivity contribution in [1.82, 2.24) is 5.32 Å². The lowest BCUT2D eigenvalue weighted by Gasteiger charge is -2.38. The monoisotopic (exact) mass is 424 g/mol. The van der Waals surface area contributed by atoms with Crippen LogP contribution in [-0.4, -0.2) is 31.5 Å². The van der Waals surface area contributed by atoms with Crippen LogP contribution in [0.2, 0.25) is 0 Å². The fraction of sp³-hybridized carbons (Fsp3) is 0.440. The second-order valence-corrected chi connectivity index (χ2v) is 8.49. The molecule has 4 rings (SSSR count). The van der Waals surface area contributed by atoms with E-state index in [9.17, 15) is 14.0 Å². The minimum absolute atomic E-state index is 0.0724. The number of nitrogens with one attached hydrogen (secondary N) is 1. The minimum Gasteiger partial charge on any atom is -0.490 e. The summed E-state index contributed by atoms with van der Waals surface area (Å²) >= 11 is 0. The second kappa shape index (κ2) is 9.50. The van der Waals surface area contributed by atoms with E-state index in [1.54, 1.807) is 4.90 Å². The van der Waals surface area contributed by atoms with E-state index in [-0.39, 0.29) is 35.9 Å². The molecule has 2 aromatic rings. The Morgan fingerprint density at radius 1 is 1.00 bits per heavy atom. The zero-order valence-electron chi connectivity index (χ0n) is 17.7. The molecule has 2 aromatic carbocycles. The molecule has 1 N–H and O–H groups in total. The number of nitrogens with zero attached hydrogens (tertiary/aromatic N) is 1. The number of halogens is 1. The highest BCUT2D eigenvalue weighted by atomic mass is 19.1. The van der Waals surface area contributed by atoms with Crippen molar-refractivity contribution in [1.29, 1.82) is 0 Å². The molecule has 1 aliphatic heterocycles. The molecule has 5 nitrogen and oxygen atoms in total. The Kier molecular flexibility index (Phi) is 6.54. The van der Waals surface area contributed by atoms with Crippen LogP contribution in [0.3, 0.4) is 0 Å². The number of benzene rings is 2. The highest BCUT2D eigenvalue weighted by molar-refractivity contribution is 5.97. The molecule has 0 saturated heterocycles. The van der Waals surface area contributed by atoms with E-state index in [4.69, 9.17) is 4.74 Å². The molecule has 1 heterocycles. The number of carbonyl (C=O) groups excluding carboxylic acids is 2. The molecule has 0 atom stereocenters.